The Morgan fingerprint density at radius 2 is 1.43 bits per heavy atom. The van der Waals surface area contributed by atoms with E-state index in [1.165, 1.54) is 12.1 Å². The van der Waals surface area contributed by atoms with Crippen LogP contribution in [-0.4, -0.2) is 51.9 Å². The molecule has 6 N–H and O–H groups in total. The lowest BCUT2D eigenvalue weighted by molar-refractivity contribution is -0.142. The number of carboxylic acid groups (broad SMARTS) is 1. The first-order chi connectivity index (χ1) is 14.3. The molecule has 0 aromatic heterocycles. The Hall–Kier alpha value is -3.04. The largest absolute Gasteiger partial charge is 0.508 e. The highest BCUT2D eigenvalue weighted by molar-refractivity contribution is 7.80. The van der Waals surface area contributed by atoms with Crippen molar-refractivity contribution in [3.05, 3.63) is 65.7 Å². The number of carbonyl (C=O) groups is 3. The topological polar surface area (TPSA) is 142 Å². The molecule has 2 aromatic carbocycles. The molecule has 2 amide bonds. The van der Waals surface area contributed by atoms with E-state index in [1.807, 2.05) is 30.3 Å². The third-order valence-corrected chi connectivity index (χ3v) is 4.81. The number of thiol groups is 1. The van der Waals surface area contributed by atoms with Gasteiger partial charge in [-0.2, -0.15) is 12.6 Å². The van der Waals surface area contributed by atoms with Crippen LogP contribution in [0.1, 0.15) is 11.1 Å². The van der Waals surface area contributed by atoms with Gasteiger partial charge in [0.15, 0.2) is 0 Å². The second-order valence-electron chi connectivity index (χ2n) is 6.81. The van der Waals surface area contributed by atoms with Crippen LogP contribution >= 0.6 is 12.6 Å². The van der Waals surface area contributed by atoms with E-state index in [2.05, 4.69) is 23.3 Å². The monoisotopic (exact) mass is 431 g/mol. The van der Waals surface area contributed by atoms with Crippen molar-refractivity contribution in [2.24, 2.45) is 5.73 Å². The van der Waals surface area contributed by atoms with Crippen LogP contribution in [0.5, 0.6) is 5.75 Å². The van der Waals surface area contributed by atoms with Gasteiger partial charge >= 0.3 is 5.97 Å². The van der Waals surface area contributed by atoms with Crippen molar-refractivity contribution in [1.82, 2.24) is 10.6 Å². The van der Waals surface area contributed by atoms with E-state index in [0.29, 0.717) is 12.0 Å². The number of rotatable bonds is 10. The van der Waals surface area contributed by atoms with Crippen molar-refractivity contribution in [3.63, 3.8) is 0 Å². The van der Waals surface area contributed by atoms with Gasteiger partial charge in [0.2, 0.25) is 11.8 Å². The number of hydrogen-bond donors (Lipinski definition) is 6. The minimum atomic E-state index is -1.22. The van der Waals surface area contributed by atoms with Crippen molar-refractivity contribution in [3.8, 4) is 5.75 Å². The number of aliphatic carboxylic acids is 1. The molecule has 0 radical (unpaired) electrons. The Morgan fingerprint density at radius 3 is 2.00 bits per heavy atom. The zero-order valence-electron chi connectivity index (χ0n) is 16.2. The highest BCUT2D eigenvalue weighted by Gasteiger charge is 2.27. The zero-order valence-corrected chi connectivity index (χ0v) is 17.1. The van der Waals surface area contributed by atoms with Crippen LogP contribution in [0.3, 0.4) is 0 Å². The maximum absolute atomic E-state index is 12.5. The number of nitrogens with two attached hydrogens (primary N) is 1. The summed E-state index contributed by atoms with van der Waals surface area (Å²) in [5.41, 5.74) is 7.44. The van der Waals surface area contributed by atoms with Gasteiger partial charge in [-0.05, 0) is 29.7 Å². The molecule has 0 aliphatic rings. The third-order valence-electron chi connectivity index (χ3n) is 4.44. The number of carboxylic acids is 1. The number of carbonyl (C=O) groups excluding carboxylic acids is 2. The van der Waals surface area contributed by atoms with Crippen LogP contribution in [0.25, 0.3) is 0 Å². The fourth-order valence-electron chi connectivity index (χ4n) is 2.77. The molecule has 0 fully saturated rings. The predicted octanol–water partition coefficient (Wildman–Crippen LogP) is 0.489. The molecule has 0 saturated heterocycles. The van der Waals surface area contributed by atoms with Crippen molar-refractivity contribution >= 4 is 30.4 Å². The lowest BCUT2D eigenvalue weighted by Crippen LogP contribution is -2.55. The van der Waals surface area contributed by atoms with E-state index < -0.39 is 35.9 Å². The molecule has 9 heteroatoms. The van der Waals surface area contributed by atoms with Crippen molar-refractivity contribution < 1.29 is 24.6 Å². The average molecular weight is 432 g/mol. The van der Waals surface area contributed by atoms with Crippen molar-refractivity contribution in [2.75, 3.05) is 5.75 Å². The maximum Gasteiger partial charge on any atom is 0.326 e. The summed E-state index contributed by atoms with van der Waals surface area (Å²) in [6.45, 7) is 0. The van der Waals surface area contributed by atoms with Crippen LogP contribution < -0.4 is 16.4 Å². The summed E-state index contributed by atoms with van der Waals surface area (Å²) >= 11 is 4.09. The van der Waals surface area contributed by atoms with Crippen LogP contribution in [0.15, 0.2) is 54.6 Å². The Kier molecular flexibility index (Phi) is 8.70. The van der Waals surface area contributed by atoms with Crippen LogP contribution in [-0.2, 0) is 27.2 Å². The second-order valence-corrected chi connectivity index (χ2v) is 7.18. The Morgan fingerprint density at radius 1 is 0.867 bits per heavy atom. The van der Waals surface area contributed by atoms with E-state index in [1.54, 1.807) is 12.1 Å². The molecular weight excluding hydrogens is 406 g/mol. The molecule has 2 rings (SSSR count). The number of phenols is 1. The Labute approximate surface area is 179 Å². The van der Waals surface area contributed by atoms with Crippen LogP contribution in [0.4, 0.5) is 0 Å². The summed E-state index contributed by atoms with van der Waals surface area (Å²) in [5, 5.41) is 23.7. The van der Waals surface area contributed by atoms with E-state index in [0.717, 1.165) is 5.56 Å². The number of amides is 2. The lowest BCUT2D eigenvalue weighted by Gasteiger charge is -2.22. The van der Waals surface area contributed by atoms with Gasteiger partial charge in [0, 0.05) is 12.2 Å². The minimum absolute atomic E-state index is 0.0160. The molecule has 30 heavy (non-hydrogen) atoms. The van der Waals surface area contributed by atoms with Gasteiger partial charge in [0.05, 0.1) is 6.04 Å². The number of phenolic OH excluding ortho intramolecular Hbond substituents is 1. The average Bonchev–Trinajstić information content (AvgIpc) is 2.73. The van der Waals surface area contributed by atoms with Gasteiger partial charge in [-0.15, -0.1) is 0 Å². The SMILES string of the molecule is N[C@H](Cc1ccccc1)C(=O)N[C@@H](CS)C(=O)N[C@@H](Cc1ccc(O)cc1)C(=O)O. The quantitative estimate of drug-likeness (QED) is 0.302. The first-order valence-electron chi connectivity index (χ1n) is 9.32. The van der Waals surface area contributed by atoms with Gasteiger partial charge < -0.3 is 26.6 Å². The number of aromatic hydroxyl groups is 1. The summed E-state index contributed by atoms with van der Waals surface area (Å²) in [6, 6.07) is 12.1. The molecular formula is C21H25N3O5S. The fourth-order valence-corrected chi connectivity index (χ4v) is 3.03. The Bertz CT molecular complexity index is 861. The maximum atomic E-state index is 12.5. The molecule has 160 valence electrons. The molecule has 8 nitrogen and oxygen atoms in total. The van der Waals surface area contributed by atoms with E-state index in [9.17, 15) is 24.6 Å². The van der Waals surface area contributed by atoms with Gasteiger partial charge in [0.25, 0.3) is 0 Å². The van der Waals surface area contributed by atoms with E-state index >= 15 is 0 Å². The molecule has 0 heterocycles. The minimum Gasteiger partial charge on any atom is -0.508 e. The molecule has 0 bridgehead atoms. The molecule has 0 aliphatic carbocycles. The van der Waals surface area contributed by atoms with Gasteiger partial charge in [-0.25, -0.2) is 4.79 Å². The number of nitrogens with one attached hydrogen (secondary N) is 2. The number of benzene rings is 2. The Balaban J connectivity index is 1.96. The second kappa shape index (κ2) is 11.2. The first kappa shape index (κ1) is 23.2. The van der Waals surface area contributed by atoms with Gasteiger partial charge in [-0.3, -0.25) is 9.59 Å². The summed E-state index contributed by atoms with van der Waals surface area (Å²) in [5.74, 6) is -2.39. The van der Waals surface area contributed by atoms with E-state index in [4.69, 9.17) is 5.73 Å². The molecule has 0 unspecified atom stereocenters. The third kappa shape index (κ3) is 7.09. The van der Waals surface area contributed by atoms with Crippen LogP contribution in [0.2, 0.25) is 0 Å². The van der Waals surface area contributed by atoms with Crippen molar-refractivity contribution in [2.45, 2.75) is 31.0 Å². The standard InChI is InChI=1S/C21H25N3O5S/c22-16(10-13-4-2-1-3-5-13)19(26)24-18(12-30)20(27)23-17(21(28)29)11-14-6-8-15(25)9-7-14/h1-9,16-18,25,30H,10-12,22H2,(H,23,27)(H,24,26)(H,28,29)/t16-,17+,18+/m1/s1. The summed E-state index contributed by atoms with van der Waals surface area (Å²) in [6.07, 6.45) is 0.314. The summed E-state index contributed by atoms with van der Waals surface area (Å²) < 4.78 is 0. The highest BCUT2D eigenvalue weighted by Crippen LogP contribution is 2.11. The molecule has 0 saturated carbocycles. The molecule has 3 atom stereocenters. The van der Waals surface area contributed by atoms with Crippen molar-refractivity contribution in [1.29, 1.82) is 0 Å². The van der Waals surface area contributed by atoms with Crippen LogP contribution in [0, 0.1) is 0 Å². The van der Waals surface area contributed by atoms with E-state index in [-0.39, 0.29) is 17.9 Å². The summed E-state index contributed by atoms with van der Waals surface area (Å²) in [4.78, 5) is 36.5. The van der Waals surface area contributed by atoms with Gasteiger partial charge in [-0.1, -0.05) is 42.5 Å². The number of hydrogen-bond acceptors (Lipinski definition) is 6. The zero-order chi connectivity index (χ0) is 22.1. The molecule has 2 aromatic rings. The molecule has 0 aliphatic heterocycles. The van der Waals surface area contributed by atoms with Gasteiger partial charge in [0.1, 0.15) is 17.8 Å². The predicted molar refractivity (Wildman–Crippen MR) is 115 cm³/mol. The smallest absolute Gasteiger partial charge is 0.326 e. The highest BCUT2D eigenvalue weighted by atomic mass is 32.1. The normalized spacial score (nSPS) is 13.7. The lowest BCUT2D eigenvalue weighted by atomic mass is 10.0. The first-order valence-corrected chi connectivity index (χ1v) is 9.95. The summed E-state index contributed by atoms with van der Waals surface area (Å²) in [7, 11) is 0. The molecule has 0 spiro atoms. The fraction of sp³-hybridized carbons (Fsp3) is 0.286.